The molecule has 0 aliphatic rings. The average molecular weight is 264 g/mol. The monoisotopic (exact) mass is 264 g/mol. The maximum absolute atomic E-state index is 12.4. The Morgan fingerprint density at radius 1 is 0.895 bits per heavy atom. The van der Waals surface area contributed by atoms with E-state index in [1.807, 2.05) is 24.3 Å². The van der Waals surface area contributed by atoms with Crippen molar-refractivity contribution in [3.05, 3.63) is 48.4 Å². The maximum Gasteiger partial charge on any atom is 0.470 e. The Morgan fingerprint density at radius 3 is 2.32 bits per heavy atom. The van der Waals surface area contributed by atoms with E-state index >= 15 is 0 Å². The van der Waals surface area contributed by atoms with Crippen molar-refractivity contribution in [2.24, 2.45) is 0 Å². The molecule has 96 valence electrons. The number of halogens is 3. The van der Waals surface area contributed by atoms with Gasteiger partial charge in [-0.1, -0.05) is 30.3 Å². The van der Waals surface area contributed by atoms with Crippen LogP contribution >= 0.6 is 0 Å². The van der Waals surface area contributed by atoms with Crippen molar-refractivity contribution in [3.8, 4) is 11.5 Å². The second-order valence-electron chi connectivity index (χ2n) is 3.97. The van der Waals surface area contributed by atoms with Crippen molar-refractivity contribution in [1.82, 2.24) is 10.2 Å². The summed E-state index contributed by atoms with van der Waals surface area (Å²) in [5.74, 6) is -1.48. The Balaban J connectivity index is 2.07. The minimum Gasteiger partial charge on any atom is -0.413 e. The molecule has 0 amide bonds. The molecule has 3 rings (SSSR count). The summed E-state index contributed by atoms with van der Waals surface area (Å²) in [6, 6.07) is 12.7. The average Bonchev–Trinajstić information content (AvgIpc) is 2.87. The fourth-order valence-electron chi connectivity index (χ4n) is 1.78. The van der Waals surface area contributed by atoms with Gasteiger partial charge in [-0.2, -0.15) is 13.2 Å². The lowest BCUT2D eigenvalue weighted by atomic mass is 10.1. The van der Waals surface area contributed by atoms with E-state index in [0.717, 1.165) is 10.8 Å². The summed E-state index contributed by atoms with van der Waals surface area (Å²) >= 11 is 0. The van der Waals surface area contributed by atoms with Crippen LogP contribution in [0.3, 0.4) is 0 Å². The van der Waals surface area contributed by atoms with Crippen LogP contribution in [-0.4, -0.2) is 10.2 Å². The minimum atomic E-state index is -4.62. The number of alkyl halides is 3. The fourth-order valence-corrected chi connectivity index (χ4v) is 1.78. The smallest absolute Gasteiger partial charge is 0.413 e. The zero-order valence-corrected chi connectivity index (χ0v) is 9.48. The van der Waals surface area contributed by atoms with E-state index in [-0.39, 0.29) is 5.89 Å². The van der Waals surface area contributed by atoms with Crippen LogP contribution in [0.15, 0.2) is 46.9 Å². The van der Waals surface area contributed by atoms with Gasteiger partial charge in [-0.25, -0.2) is 0 Å². The lowest BCUT2D eigenvalue weighted by Gasteiger charge is -2.00. The molecule has 0 fully saturated rings. The van der Waals surface area contributed by atoms with Crippen LogP contribution in [0.4, 0.5) is 13.2 Å². The molecule has 0 radical (unpaired) electrons. The minimum absolute atomic E-state index is 0.141. The van der Waals surface area contributed by atoms with Crippen LogP contribution in [0.5, 0.6) is 0 Å². The zero-order valence-electron chi connectivity index (χ0n) is 9.48. The Morgan fingerprint density at radius 2 is 1.63 bits per heavy atom. The Hall–Kier alpha value is -2.37. The van der Waals surface area contributed by atoms with E-state index in [9.17, 15) is 13.2 Å². The molecule has 0 spiro atoms. The van der Waals surface area contributed by atoms with Crippen molar-refractivity contribution in [1.29, 1.82) is 0 Å². The molecule has 0 N–H and O–H groups in total. The molecule has 2 aromatic carbocycles. The van der Waals surface area contributed by atoms with Crippen LogP contribution in [0.2, 0.25) is 0 Å². The van der Waals surface area contributed by atoms with Gasteiger partial charge in [0, 0.05) is 5.56 Å². The van der Waals surface area contributed by atoms with Crippen molar-refractivity contribution in [2.45, 2.75) is 6.18 Å². The molecule has 3 nitrogen and oxygen atoms in total. The Labute approximate surface area is 105 Å². The first-order valence-corrected chi connectivity index (χ1v) is 5.44. The molecule has 0 bridgehead atoms. The van der Waals surface area contributed by atoms with E-state index in [0.29, 0.717) is 5.56 Å². The highest BCUT2D eigenvalue weighted by Crippen LogP contribution is 2.31. The molecule has 0 saturated carbocycles. The summed E-state index contributed by atoms with van der Waals surface area (Å²) in [6.07, 6.45) is -4.62. The lowest BCUT2D eigenvalue weighted by Crippen LogP contribution is -2.04. The summed E-state index contributed by atoms with van der Waals surface area (Å²) in [4.78, 5) is 0. The molecule has 0 aliphatic carbocycles. The van der Waals surface area contributed by atoms with Gasteiger partial charge in [-0.3, -0.25) is 0 Å². The second kappa shape index (κ2) is 4.08. The summed E-state index contributed by atoms with van der Waals surface area (Å²) < 4.78 is 41.8. The molecular formula is C13H7F3N2O. The highest BCUT2D eigenvalue weighted by atomic mass is 19.4. The zero-order chi connectivity index (χ0) is 13.5. The number of aromatic nitrogens is 2. The molecular weight excluding hydrogens is 257 g/mol. The molecule has 3 aromatic rings. The van der Waals surface area contributed by atoms with Gasteiger partial charge in [0.25, 0.3) is 0 Å². The number of benzene rings is 2. The van der Waals surface area contributed by atoms with Gasteiger partial charge in [0.15, 0.2) is 0 Å². The highest BCUT2D eigenvalue weighted by molar-refractivity contribution is 5.86. The van der Waals surface area contributed by atoms with Crippen LogP contribution in [0, 0.1) is 0 Å². The maximum atomic E-state index is 12.4. The third-order valence-electron chi connectivity index (χ3n) is 2.66. The standard InChI is InChI=1S/C13H7F3N2O/c14-13(15,16)12-18-17-11(19-12)10-6-5-8-3-1-2-4-9(8)7-10/h1-7H. The molecule has 0 saturated heterocycles. The first-order valence-electron chi connectivity index (χ1n) is 5.44. The normalized spacial score (nSPS) is 11.9. The van der Waals surface area contributed by atoms with Crippen molar-refractivity contribution < 1.29 is 17.6 Å². The van der Waals surface area contributed by atoms with Gasteiger partial charge < -0.3 is 4.42 Å². The quantitative estimate of drug-likeness (QED) is 0.669. The Kier molecular flexibility index (Phi) is 2.51. The van der Waals surface area contributed by atoms with Crippen LogP contribution in [0.25, 0.3) is 22.2 Å². The predicted octanol–water partition coefficient (Wildman–Crippen LogP) is 3.91. The molecule has 0 unspecified atom stereocenters. The predicted molar refractivity (Wildman–Crippen MR) is 62.2 cm³/mol. The molecule has 0 aliphatic heterocycles. The van der Waals surface area contributed by atoms with E-state index in [1.54, 1.807) is 18.2 Å². The number of hydrogen-bond acceptors (Lipinski definition) is 3. The molecule has 19 heavy (non-hydrogen) atoms. The third-order valence-corrected chi connectivity index (χ3v) is 2.66. The lowest BCUT2D eigenvalue weighted by molar-refractivity contribution is -0.156. The SMILES string of the molecule is FC(F)(F)c1nnc(-c2ccc3ccccc3c2)o1. The summed E-state index contributed by atoms with van der Waals surface area (Å²) in [6.45, 7) is 0. The van der Waals surface area contributed by atoms with E-state index in [4.69, 9.17) is 0 Å². The molecule has 1 aromatic heterocycles. The van der Waals surface area contributed by atoms with Crippen LogP contribution in [-0.2, 0) is 6.18 Å². The number of rotatable bonds is 1. The van der Waals surface area contributed by atoms with Gasteiger partial charge in [-0.15, -0.1) is 10.2 Å². The van der Waals surface area contributed by atoms with E-state index in [1.165, 1.54) is 0 Å². The first kappa shape index (κ1) is 11.7. The molecule has 0 atom stereocenters. The van der Waals surface area contributed by atoms with Crippen molar-refractivity contribution in [2.75, 3.05) is 0 Å². The number of nitrogens with zero attached hydrogens (tertiary/aromatic N) is 2. The van der Waals surface area contributed by atoms with E-state index in [2.05, 4.69) is 14.6 Å². The van der Waals surface area contributed by atoms with Gasteiger partial charge in [0.2, 0.25) is 5.89 Å². The Bertz CT molecular complexity index is 734. The van der Waals surface area contributed by atoms with Gasteiger partial charge in [0.05, 0.1) is 0 Å². The summed E-state index contributed by atoms with van der Waals surface area (Å²) in [5, 5.41) is 8.31. The van der Waals surface area contributed by atoms with Crippen LogP contribution in [0.1, 0.15) is 5.89 Å². The van der Waals surface area contributed by atoms with E-state index < -0.39 is 12.1 Å². The number of fused-ring (bicyclic) bond motifs is 1. The highest BCUT2D eigenvalue weighted by Gasteiger charge is 2.38. The largest absolute Gasteiger partial charge is 0.470 e. The van der Waals surface area contributed by atoms with Crippen molar-refractivity contribution >= 4 is 10.8 Å². The van der Waals surface area contributed by atoms with Gasteiger partial charge in [-0.05, 0) is 22.9 Å². The summed E-state index contributed by atoms with van der Waals surface area (Å²) in [7, 11) is 0. The van der Waals surface area contributed by atoms with Gasteiger partial charge >= 0.3 is 12.1 Å². The first-order chi connectivity index (χ1) is 9.04. The second-order valence-corrected chi connectivity index (χ2v) is 3.97. The van der Waals surface area contributed by atoms with Gasteiger partial charge in [0.1, 0.15) is 0 Å². The van der Waals surface area contributed by atoms with Crippen molar-refractivity contribution in [3.63, 3.8) is 0 Å². The summed E-state index contributed by atoms with van der Waals surface area (Å²) in [5.41, 5.74) is 0.460. The third kappa shape index (κ3) is 2.16. The number of hydrogen-bond donors (Lipinski definition) is 0. The fraction of sp³-hybridized carbons (Fsp3) is 0.0769. The molecule has 1 heterocycles. The van der Waals surface area contributed by atoms with Crippen LogP contribution < -0.4 is 0 Å². The molecule has 6 heteroatoms. The topological polar surface area (TPSA) is 38.9 Å².